The highest BCUT2D eigenvalue weighted by Crippen LogP contribution is 2.44. The number of aliphatic hydroxyl groups is 1. The first-order valence-corrected chi connectivity index (χ1v) is 8.61. The van der Waals surface area contributed by atoms with E-state index in [4.69, 9.17) is 0 Å². The van der Waals surface area contributed by atoms with Crippen LogP contribution in [0, 0.1) is 5.41 Å². The van der Waals surface area contributed by atoms with Crippen LogP contribution < -0.4 is 10.6 Å². The van der Waals surface area contributed by atoms with Gasteiger partial charge in [0.25, 0.3) is 0 Å². The molecule has 2 fully saturated rings. The quantitative estimate of drug-likeness (QED) is 0.748. The van der Waals surface area contributed by atoms with Crippen molar-refractivity contribution >= 4 is 6.03 Å². The van der Waals surface area contributed by atoms with Crippen LogP contribution in [0.1, 0.15) is 31.2 Å². The van der Waals surface area contributed by atoms with Crippen LogP contribution in [0.2, 0.25) is 0 Å². The van der Waals surface area contributed by atoms with Crippen molar-refractivity contribution in [3.8, 4) is 0 Å². The summed E-state index contributed by atoms with van der Waals surface area (Å²) in [6.45, 7) is 3.77. The third-order valence-electron chi connectivity index (χ3n) is 5.09. The van der Waals surface area contributed by atoms with E-state index < -0.39 is 0 Å². The molecule has 0 aromatic heterocycles. The Morgan fingerprint density at radius 3 is 2.52 bits per heavy atom. The van der Waals surface area contributed by atoms with Gasteiger partial charge in [-0.25, -0.2) is 4.79 Å². The third kappa shape index (κ3) is 4.69. The van der Waals surface area contributed by atoms with E-state index in [1.165, 1.54) is 5.56 Å². The van der Waals surface area contributed by atoms with Gasteiger partial charge < -0.3 is 15.7 Å². The second-order valence-electron chi connectivity index (χ2n) is 7.02. The number of carbonyl (C=O) groups is 1. The lowest BCUT2D eigenvalue weighted by molar-refractivity contribution is 0.182. The van der Waals surface area contributed by atoms with Crippen LogP contribution >= 0.6 is 0 Å². The van der Waals surface area contributed by atoms with E-state index in [-0.39, 0.29) is 24.1 Å². The average Bonchev–Trinajstić information content (AvgIpc) is 3.37. The van der Waals surface area contributed by atoms with Gasteiger partial charge in [-0.05, 0) is 31.2 Å². The molecule has 0 atom stereocenters. The fourth-order valence-corrected chi connectivity index (χ4v) is 3.15. The van der Waals surface area contributed by atoms with E-state index in [0.29, 0.717) is 6.54 Å². The lowest BCUT2D eigenvalue weighted by atomic mass is 10.0. The molecule has 1 saturated heterocycles. The number of hydrogen-bond acceptors (Lipinski definition) is 3. The predicted molar refractivity (Wildman–Crippen MR) is 90.0 cm³/mol. The molecule has 5 nitrogen and oxygen atoms in total. The number of carbonyl (C=O) groups excluding carboxylic acids is 1. The number of hydrogen-bond donors (Lipinski definition) is 3. The summed E-state index contributed by atoms with van der Waals surface area (Å²) in [5, 5.41) is 15.2. The molecular formula is C18H27N3O2. The number of rotatable bonds is 6. The highest BCUT2D eigenvalue weighted by molar-refractivity contribution is 5.74. The Kier molecular flexibility index (Phi) is 5.18. The van der Waals surface area contributed by atoms with E-state index in [1.807, 2.05) is 6.07 Å². The van der Waals surface area contributed by atoms with E-state index in [0.717, 1.165) is 45.3 Å². The fourth-order valence-electron chi connectivity index (χ4n) is 3.15. The minimum absolute atomic E-state index is 0.0314. The highest BCUT2D eigenvalue weighted by atomic mass is 16.3. The first kappa shape index (κ1) is 16.3. The Morgan fingerprint density at radius 2 is 1.91 bits per heavy atom. The molecule has 1 heterocycles. The molecule has 0 radical (unpaired) electrons. The maximum Gasteiger partial charge on any atom is 0.315 e. The predicted octanol–water partition coefficient (Wildman–Crippen LogP) is 1.72. The van der Waals surface area contributed by atoms with Crippen molar-refractivity contribution in [3.05, 3.63) is 35.9 Å². The van der Waals surface area contributed by atoms with Crippen LogP contribution in [0.4, 0.5) is 4.79 Å². The molecule has 0 spiro atoms. The summed E-state index contributed by atoms with van der Waals surface area (Å²) in [6.07, 6.45) is 4.01. The summed E-state index contributed by atoms with van der Waals surface area (Å²) >= 11 is 0. The monoisotopic (exact) mass is 317 g/mol. The molecule has 23 heavy (non-hydrogen) atoms. The van der Waals surface area contributed by atoms with Crippen molar-refractivity contribution in [1.82, 2.24) is 15.5 Å². The Balaban J connectivity index is 1.35. The number of urea groups is 1. The highest BCUT2D eigenvalue weighted by Gasteiger charge is 2.42. The normalized spacial score (nSPS) is 20.9. The topological polar surface area (TPSA) is 64.6 Å². The Morgan fingerprint density at radius 1 is 1.22 bits per heavy atom. The van der Waals surface area contributed by atoms with Gasteiger partial charge in [0, 0.05) is 37.6 Å². The number of nitrogens with one attached hydrogen (secondary N) is 2. The zero-order valence-electron chi connectivity index (χ0n) is 13.6. The standard InChI is InChI=1S/C18H27N3O2/c22-14-18(8-9-18)13-19-17(23)20-16-6-10-21(11-7-16)12-15-4-2-1-3-5-15/h1-5,16,22H,6-14H2,(H2,19,20,23). The van der Waals surface area contributed by atoms with E-state index >= 15 is 0 Å². The van der Waals surface area contributed by atoms with Crippen molar-refractivity contribution in [1.29, 1.82) is 0 Å². The minimum atomic E-state index is -0.0914. The van der Waals surface area contributed by atoms with Gasteiger partial charge in [0.15, 0.2) is 0 Å². The summed E-state index contributed by atoms with van der Waals surface area (Å²) < 4.78 is 0. The molecular weight excluding hydrogens is 290 g/mol. The lowest BCUT2D eigenvalue weighted by Crippen LogP contribution is -2.48. The van der Waals surface area contributed by atoms with Crippen LogP contribution in [0.25, 0.3) is 0 Å². The summed E-state index contributed by atoms with van der Waals surface area (Å²) in [6, 6.07) is 10.7. The molecule has 5 heteroatoms. The van der Waals surface area contributed by atoms with Gasteiger partial charge in [-0.15, -0.1) is 0 Å². The van der Waals surface area contributed by atoms with Gasteiger partial charge in [-0.2, -0.15) is 0 Å². The molecule has 2 amide bonds. The smallest absolute Gasteiger partial charge is 0.315 e. The van der Waals surface area contributed by atoms with Crippen molar-refractivity contribution in [3.63, 3.8) is 0 Å². The molecule has 0 bridgehead atoms. The summed E-state index contributed by atoms with van der Waals surface area (Å²) in [4.78, 5) is 14.4. The summed E-state index contributed by atoms with van der Waals surface area (Å²) in [7, 11) is 0. The molecule has 0 unspecified atom stereocenters. The third-order valence-corrected chi connectivity index (χ3v) is 5.09. The van der Waals surface area contributed by atoms with Crippen molar-refractivity contribution < 1.29 is 9.90 Å². The zero-order chi connectivity index (χ0) is 16.1. The SMILES string of the molecule is O=C(NCC1(CO)CC1)NC1CCN(Cc2ccccc2)CC1. The Labute approximate surface area is 138 Å². The molecule has 3 rings (SSSR count). The molecule has 1 saturated carbocycles. The summed E-state index contributed by atoms with van der Waals surface area (Å²) in [5.74, 6) is 0. The van der Waals surface area contributed by atoms with Crippen LogP contribution in [0.5, 0.6) is 0 Å². The van der Waals surface area contributed by atoms with Gasteiger partial charge in [0.05, 0.1) is 6.61 Å². The van der Waals surface area contributed by atoms with Crippen LogP contribution in [0.15, 0.2) is 30.3 Å². The Hall–Kier alpha value is -1.59. The maximum atomic E-state index is 12.0. The van der Waals surface area contributed by atoms with Crippen molar-refractivity contribution in [2.45, 2.75) is 38.3 Å². The average molecular weight is 317 g/mol. The van der Waals surface area contributed by atoms with E-state index in [1.54, 1.807) is 0 Å². The number of benzene rings is 1. The van der Waals surface area contributed by atoms with E-state index in [2.05, 4.69) is 39.8 Å². The van der Waals surface area contributed by atoms with Crippen LogP contribution in [-0.2, 0) is 6.54 Å². The molecule has 1 aromatic rings. The molecule has 1 aromatic carbocycles. The van der Waals surface area contributed by atoms with Crippen molar-refractivity contribution in [2.75, 3.05) is 26.2 Å². The lowest BCUT2D eigenvalue weighted by Gasteiger charge is -2.32. The fraction of sp³-hybridized carbons (Fsp3) is 0.611. The minimum Gasteiger partial charge on any atom is -0.396 e. The molecule has 1 aliphatic heterocycles. The number of aliphatic hydroxyl groups excluding tert-OH is 1. The van der Waals surface area contributed by atoms with Gasteiger partial charge in [0.1, 0.15) is 0 Å². The number of likely N-dealkylation sites (tertiary alicyclic amines) is 1. The zero-order valence-corrected chi connectivity index (χ0v) is 13.6. The maximum absolute atomic E-state index is 12.0. The van der Waals surface area contributed by atoms with Gasteiger partial charge in [-0.1, -0.05) is 30.3 Å². The molecule has 1 aliphatic carbocycles. The van der Waals surface area contributed by atoms with Gasteiger partial charge in [-0.3, -0.25) is 4.90 Å². The first-order valence-electron chi connectivity index (χ1n) is 8.61. The first-order chi connectivity index (χ1) is 11.2. The Bertz CT molecular complexity index is 508. The number of amides is 2. The number of piperidine rings is 1. The molecule has 2 aliphatic rings. The van der Waals surface area contributed by atoms with Crippen molar-refractivity contribution in [2.24, 2.45) is 5.41 Å². The number of nitrogens with zero attached hydrogens (tertiary/aromatic N) is 1. The summed E-state index contributed by atoms with van der Waals surface area (Å²) in [5.41, 5.74) is 1.31. The van der Waals surface area contributed by atoms with Crippen LogP contribution in [-0.4, -0.2) is 48.3 Å². The van der Waals surface area contributed by atoms with Gasteiger partial charge in [0.2, 0.25) is 0 Å². The second-order valence-corrected chi connectivity index (χ2v) is 7.02. The largest absolute Gasteiger partial charge is 0.396 e. The second kappa shape index (κ2) is 7.32. The van der Waals surface area contributed by atoms with E-state index in [9.17, 15) is 9.90 Å². The molecule has 3 N–H and O–H groups in total. The molecule has 126 valence electrons. The van der Waals surface area contributed by atoms with Gasteiger partial charge >= 0.3 is 6.03 Å². The van der Waals surface area contributed by atoms with Crippen LogP contribution in [0.3, 0.4) is 0 Å².